The molecule has 2 aliphatic rings. The van der Waals surface area contributed by atoms with Gasteiger partial charge in [-0.05, 0) is 64.1 Å². The second-order valence-corrected chi connectivity index (χ2v) is 9.20. The predicted octanol–water partition coefficient (Wildman–Crippen LogP) is 3.05. The van der Waals surface area contributed by atoms with Crippen molar-refractivity contribution in [1.29, 1.82) is 0 Å². The third-order valence-electron chi connectivity index (χ3n) is 6.93. The van der Waals surface area contributed by atoms with E-state index in [-0.39, 0.29) is 29.9 Å². The van der Waals surface area contributed by atoms with E-state index in [1.165, 1.54) is 5.69 Å². The average Bonchev–Trinajstić information content (AvgIpc) is 3.22. The number of carbonyl (C=O) groups excluding carboxylic acids is 2. The minimum Gasteiger partial charge on any atom is -0.491 e. The first-order chi connectivity index (χ1) is 15.3. The average molecular weight is 440 g/mol. The first-order valence-electron chi connectivity index (χ1n) is 11.4. The number of likely N-dealkylation sites (tertiary alicyclic amines) is 1. The van der Waals surface area contributed by atoms with Crippen molar-refractivity contribution < 1.29 is 19.4 Å². The van der Waals surface area contributed by atoms with Crippen LogP contribution in [-0.2, 0) is 18.7 Å². The zero-order valence-electron chi connectivity index (χ0n) is 19.4. The van der Waals surface area contributed by atoms with Crippen molar-refractivity contribution >= 4 is 11.7 Å². The molecule has 1 fully saturated rings. The van der Waals surface area contributed by atoms with E-state index in [4.69, 9.17) is 4.74 Å². The first-order valence-corrected chi connectivity index (χ1v) is 11.4. The zero-order chi connectivity index (χ0) is 23.0. The number of aliphatic hydroxyl groups is 1. The summed E-state index contributed by atoms with van der Waals surface area (Å²) in [7, 11) is 2.14. The topological polar surface area (TPSA) is 75.0 Å². The first kappa shape index (κ1) is 22.6. The van der Waals surface area contributed by atoms with Gasteiger partial charge in [0.15, 0.2) is 5.78 Å². The van der Waals surface area contributed by atoms with E-state index in [1.807, 2.05) is 24.8 Å². The smallest absolute Gasteiger partial charge is 0.253 e. The van der Waals surface area contributed by atoms with Gasteiger partial charge in [0.1, 0.15) is 5.75 Å². The number of rotatable bonds is 5. The molecule has 0 unspecified atom stereocenters. The quantitative estimate of drug-likeness (QED) is 0.725. The van der Waals surface area contributed by atoms with Gasteiger partial charge in [0.05, 0.1) is 23.9 Å². The van der Waals surface area contributed by atoms with Crippen molar-refractivity contribution in [2.45, 2.75) is 58.4 Å². The monoisotopic (exact) mass is 439 g/mol. The number of piperidine rings is 1. The number of aromatic nitrogens is 1. The van der Waals surface area contributed by atoms with Gasteiger partial charge < -0.3 is 19.3 Å². The van der Waals surface area contributed by atoms with E-state index in [0.29, 0.717) is 30.0 Å². The number of hydrogen-bond acceptors (Lipinski definition) is 5. The minimum atomic E-state index is -0.174. The van der Waals surface area contributed by atoms with E-state index in [1.54, 1.807) is 25.1 Å². The van der Waals surface area contributed by atoms with Gasteiger partial charge in [0.2, 0.25) is 0 Å². The van der Waals surface area contributed by atoms with Crippen LogP contribution in [0.2, 0.25) is 0 Å². The molecular formula is C25H33N3O4. The van der Waals surface area contributed by atoms with E-state index >= 15 is 0 Å². The minimum absolute atomic E-state index is 0.00455. The number of fused-ring (bicyclic) bond motifs is 2. The number of ether oxygens (including phenoxy) is 1. The molecule has 0 bridgehead atoms. The second-order valence-electron chi connectivity index (χ2n) is 9.20. The molecule has 1 spiro atoms. The van der Waals surface area contributed by atoms with Crippen LogP contribution in [0.3, 0.4) is 0 Å². The van der Waals surface area contributed by atoms with Crippen LogP contribution in [0.5, 0.6) is 5.75 Å². The van der Waals surface area contributed by atoms with E-state index < -0.39 is 0 Å². The lowest BCUT2D eigenvalue weighted by Gasteiger charge is -2.50. The lowest BCUT2D eigenvalue weighted by atomic mass is 9.81. The fraction of sp³-hybridized carbons (Fsp3) is 0.520. The molecule has 0 saturated carbocycles. The second kappa shape index (κ2) is 8.71. The van der Waals surface area contributed by atoms with Gasteiger partial charge in [-0.25, -0.2) is 0 Å². The Morgan fingerprint density at radius 2 is 1.81 bits per heavy atom. The normalized spacial score (nSPS) is 18.1. The molecule has 2 aliphatic heterocycles. The molecule has 0 aliphatic carbocycles. The highest BCUT2D eigenvalue weighted by molar-refractivity contribution is 5.95. The van der Waals surface area contributed by atoms with Crippen LogP contribution in [0.4, 0.5) is 0 Å². The van der Waals surface area contributed by atoms with Gasteiger partial charge in [-0.15, -0.1) is 0 Å². The number of ketones is 1. The number of hydrogen-bond donors (Lipinski definition) is 1. The fourth-order valence-corrected chi connectivity index (χ4v) is 5.19. The molecule has 32 heavy (non-hydrogen) atoms. The maximum absolute atomic E-state index is 13.2. The summed E-state index contributed by atoms with van der Waals surface area (Å²) in [6.07, 6.45) is 1.63. The molecule has 0 atom stereocenters. The summed E-state index contributed by atoms with van der Waals surface area (Å²) in [5, 5.41) is 9.74. The maximum Gasteiger partial charge on any atom is 0.253 e. The largest absolute Gasteiger partial charge is 0.491 e. The summed E-state index contributed by atoms with van der Waals surface area (Å²) in [5.41, 5.74) is 2.99. The Morgan fingerprint density at radius 1 is 1.09 bits per heavy atom. The third kappa shape index (κ3) is 3.84. The van der Waals surface area contributed by atoms with E-state index in [0.717, 1.165) is 31.6 Å². The summed E-state index contributed by atoms with van der Waals surface area (Å²) in [5.74, 6) is 0.680. The number of aliphatic hydroxyl groups excluding tert-OH is 1. The van der Waals surface area contributed by atoms with Crippen molar-refractivity contribution in [2.75, 3.05) is 26.7 Å². The number of carbonyl (C=O) groups is 2. The molecule has 1 saturated heterocycles. The maximum atomic E-state index is 13.2. The Hall–Kier alpha value is -2.64. The lowest BCUT2D eigenvalue weighted by molar-refractivity contribution is 0.0128. The summed E-state index contributed by atoms with van der Waals surface area (Å²) < 4.78 is 7.91. The standard InChI is InChI=1S/C25H33N3O4/c1-17(2)32-22-7-5-19(15-20(22)16-29)24(31)27-11-9-25(10-12-27)23-8-6-21(18(3)30)28(23)14-13-26(25)4/h5-8,15,17,29H,9-14,16H2,1-4H3. The Bertz CT molecular complexity index is 1020. The molecule has 1 amide bonds. The zero-order valence-corrected chi connectivity index (χ0v) is 19.4. The summed E-state index contributed by atoms with van der Waals surface area (Å²) in [6.45, 7) is 8.29. The lowest BCUT2D eigenvalue weighted by Crippen LogP contribution is -2.56. The fourth-order valence-electron chi connectivity index (χ4n) is 5.19. The molecule has 0 radical (unpaired) electrons. The molecule has 7 heteroatoms. The van der Waals surface area contributed by atoms with Crippen LogP contribution in [0.1, 0.15) is 65.7 Å². The van der Waals surface area contributed by atoms with Gasteiger partial charge in [-0.3, -0.25) is 14.5 Å². The Morgan fingerprint density at radius 3 is 2.44 bits per heavy atom. The Labute approximate surface area is 189 Å². The van der Waals surface area contributed by atoms with Gasteiger partial charge in [0, 0.05) is 49.9 Å². The number of benzene rings is 1. The van der Waals surface area contributed by atoms with Crippen LogP contribution in [-0.4, -0.2) is 63.9 Å². The van der Waals surface area contributed by atoms with Crippen LogP contribution in [0.25, 0.3) is 0 Å². The number of likely N-dealkylation sites (N-methyl/N-ethyl adjacent to an activating group) is 1. The molecule has 7 nitrogen and oxygen atoms in total. The molecule has 4 rings (SSSR count). The third-order valence-corrected chi connectivity index (χ3v) is 6.93. The molecule has 1 N–H and O–H groups in total. The molecule has 1 aromatic heterocycles. The van der Waals surface area contributed by atoms with Crippen LogP contribution in [0.15, 0.2) is 30.3 Å². The molecule has 1 aromatic carbocycles. The molecule has 172 valence electrons. The highest BCUT2D eigenvalue weighted by Crippen LogP contribution is 2.41. The molecule has 2 aromatic rings. The summed E-state index contributed by atoms with van der Waals surface area (Å²) in [6, 6.07) is 9.31. The number of Topliss-reactive ketones (excluding diaryl/α,β-unsaturated/α-hetero) is 1. The predicted molar refractivity (Wildman–Crippen MR) is 122 cm³/mol. The van der Waals surface area contributed by atoms with Crippen molar-refractivity contribution in [1.82, 2.24) is 14.4 Å². The van der Waals surface area contributed by atoms with Gasteiger partial charge in [-0.1, -0.05) is 0 Å². The van der Waals surface area contributed by atoms with Gasteiger partial charge in [0.25, 0.3) is 5.91 Å². The van der Waals surface area contributed by atoms with Crippen LogP contribution < -0.4 is 4.74 Å². The van der Waals surface area contributed by atoms with Crippen molar-refractivity contribution in [2.24, 2.45) is 0 Å². The number of nitrogens with zero attached hydrogens (tertiary/aromatic N) is 3. The molecule has 3 heterocycles. The highest BCUT2D eigenvalue weighted by Gasteiger charge is 2.45. The van der Waals surface area contributed by atoms with Gasteiger partial charge in [-0.2, -0.15) is 0 Å². The Kier molecular flexibility index (Phi) is 6.14. The van der Waals surface area contributed by atoms with E-state index in [2.05, 4.69) is 22.6 Å². The number of amides is 1. The molecular weight excluding hydrogens is 406 g/mol. The van der Waals surface area contributed by atoms with E-state index in [9.17, 15) is 14.7 Å². The van der Waals surface area contributed by atoms with Crippen molar-refractivity contribution in [3.63, 3.8) is 0 Å². The van der Waals surface area contributed by atoms with Crippen LogP contribution in [0, 0.1) is 0 Å². The van der Waals surface area contributed by atoms with Crippen molar-refractivity contribution in [3.8, 4) is 5.75 Å². The summed E-state index contributed by atoms with van der Waals surface area (Å²) in [4.78, 5) is 29.6. The van der Waals surface area contributed by atoms with Gasteiger partial charge >= 0.3 is 0 Å². The van der Waals surface area contributed by atoms with Crippen LogP contribution >= 0.6 is 0 Å². The highest BCUT2D eigenvalue weighted by atomic mass is 16.5. The Balaban J connectivity index is 1.53. The SMILES string of the molecule is CC(=O)c1ccc2n1CCN(C)C21CCN(C(=O)c2ccc(OC(C)C)c(CO)c2)CC1. The van der Waals surface area contributed by atoms with Crippen molar-refractivity contribution in [3.05, 3.63) is 52.8 Å². The summed E-state index contributed by atoms with van der Waals surface area (Å²) >= 11 is 0.